The Labute approximate surface area is 183 Å². The number of Topliss-reactive ketones (excluding diaryl/α,β-unsaturated/α-hetero) is 1. The maximum atomic E-state index is 13.4. The van der Waals surface area contributed by atoms with Crippen LogP contribution in [0.2, 0.25) is 5.02 Å². The quantitative estimate of drug-likeness (QED) is 0.395. The minimum absolute atomic E-state index is 0.0629. The summed E-state index contributed by atoms with van der Waals surface area (Å²) in [5.74, 6) is -4.45. The number of hydrogen-bond acceptors (Lipinski definition) is 4. The van der Waals surface area contributed by atoms with E-state index in [4.69, 9.17) is 16.9 Å². The highest BCUT2D eigenvalue weighted by atomic mass is 35.5. The van der Waals surface area contributed by atoms with Crippen molar-refractivity contribution >= 4 is 34.9 Å². The first-order valence-corrected chi connectivity index (χ1v) is 9.57. The molecule has 7 nitrogen and oxygen atoms in total. The molecule has 2 aromatic rings. The SMILES string of the molecule is Cn1cc(C(=O)C(=O)NC2(C(F)(F)F)CCC2)c(Cl)c1C(=O)Nc1ccc(F)c(C#N)c1. The number of nitriles is 1. The van der Waals surface area contributed by atoms with Gasteiger partial charge in [0, 0.05) is 18.9 Å². The number of alkyl halides is 3. The molecule has 0 radical (unpaired) electrons. The number of benzene rings is 1. The van der Waals surface area contributed by atoms with E-state index >= 15 is 0 Å². The molecular formula is C20H15ClF4N4O3. The third kappa shape index (κ3) is 4.05. The van der Waals surface area contributed by atoms with Crippen LogP contribution in [0, 0.1) is 17.1 Å². The van der Waals surface area contributed by atoms with Crippen LogP contribution >= 0.6 is 11.6 Å². The van der Waals surface area contributed by atoms with E-state index in [1.165, 1.54) is 13.1 Å². The van der Waals surface area contributed by atoms with Crippen molar-refractivity contribution in [1.29, 1.82) is 5.26 Å². The van der Waals surface area contributed by atoms with E-state index in [-0.39, 0.29) is 36.2 Å². The summed E-state index contributed by atoms with van der Waals surface area (Å²) < 4.78 is 54.4. The van der Waals surface area contributed by atoms with Crippen molar-refractivity contribution in [3.63, 3.8) is 0 Å². The summed E-state index contributed by atoms with van der Waals surface area (Å²) in [6, 6.07) is 4.86. The van der Waals surface area contributed by atoms with E-state index in [1.54, 1.807) is 11.4 Å². The topological polar surface area (TPSA) is 104 Å². The van der Waals surface area contributed by atoms with E-state index in [0.717, 1.165) is 22.9 Å². The zero-order valence-electron chi connectivity index (χ0n) is 16.4. The van der Waals surface area contributed by atoms with Crippen LogP contribution in [0.3, 0.4) is 0 Å². The Balaban J connectivity index is 1.82. The zero-order chi connectivity index (χ0) is 23.8. The van der Waals surface area contributed by atoms with Gasteiger partial charge >= 0.3 is 6.18 Å². The van der Waals surface area contributed by atoms with Gasteiger partial charge in [-0.1, -0.05) is 11.6 Å². The maximum Gasteiger partial charge on any atom is 0.411 e. The number of anilines is 1. The summed E-state index contributed by atoms with van der Waals surface area (Å²) in [5, 5.41) is 12.6. The first-order chi connectivity index (χ1) is 14.9. The summed E-state index contributed by atoms with van der Waals surface area (Å²) in [6.07, 6.45) is -4.10. The number of nitrogens with zero attached hydrogens (tertiary/aromatic N) is 2. The van der Waals surface area contributed by atoms with Crippen molar-refractivity contribution in [1.82, 2.24) is 9.88 Å². The molecule has 1 aromatic heterocycles. The fourth-order valence-electron chi connectivity index (χ4n) is 3.30. The number of aryl methyl sites for hydroxylation is 1. The van der Waals surface area contributed by atoms with Crippen molar-refractivity contribution in [3.05, 3.63) is 52.1 Å². The van der Waals surface area contributed by atoms with Crippen LogP contribution in [0.25, 0.3) is 0 Å². The fraction of sp³-hybridized carbons (Fsp3) is 0.300. The van der Waals surface area contributed by atoms with Crippen molar-refractivity contribution in [3.8, 4) is 6.07 Å². The van der Waals surface area contributed by atoms with Gasteiger partial charge in [-0.05, 0) is 37.5 Å². The zero-order valence-corrected chi connectivity index (χ0v) is 17.2. The molecule has 2 amide bonds. The molecule has 0 atom stereocenters. The fourth-order valence-corrected chi connectivity index (χ4v) is 3.65. The molecule has 3 rings (SSSR count). The number of rotatable bonds is 5. The van der Waals surface area contributed by atoms with Crippen molar-refractivity contribution < 1.29 is 31.9 Å². The molecule has 1 aromatic carbocycles. The summed E-state index contributed by atoms with van der Waals surface area (Å²) >= 11 is 6.11. The summed E-state index contributed by atoms with van der Waals surface area (Å²) in [6.45, 7) is 0. The lowest BCUT2D eigenvalue weighted by Crippen LogP contribution is -2.64. The Bertz CT molecular complexity index is 1160. The lowest BCUT2D eigenvalue weighted by molar-refractivity contribution is -0.218. The van der Waals surface area contributed by atoms with Gasteiger partial charge in [-0.2, -0.15) is 18.4 Å². The van der Waals surface area contributed by atoms with E-state index in [2.05, 4.69) is 5.32 Å². The Hall–Kier alpha value is -3.39. The van der Waals surface area contributed by atoms with Crippen LogP contribution in [0.5, 0.6) is 0 Å². The second kappa shape index (κ2) is 8.27. The minimum atomic E-state index is -4.72. The Morgan fingerprint density at radius 2 is 1.91 bits per heavy atom. The minimum Gasteiger partial charge on any atom is -0.345 e. The molecule has 1 aliphatic carbocycles. The molecule has 0 unspecified atom stereocenters. The number of hydrogen-bond donors (Lipinski definition) is 2. The molecule has 12 heteroatoms. The molecule has 1 aliphatic rings. The van der Waals surface area contributed by atoms with E-state index in [1.807, 2.05) is 0 Å². The van der Waals surface area contributed by atoms with Crippen molar-refractivity contribution in [2.75, 3.05) is 5.32 Å². The summed E-state index contributed by atoms with van der Waals surface area (Å²) in [7, 11) is 1.34. The third-order valence-corrected chi connectivity index (χ3v) is 5.62. The number of ketones is 1. The van der Waals surface area contributed by atoms with Crippen LogP contribution in [-0.4, -0.2) is 33.9 Å². The Morgan fingerprint density at radius 1 is 1.25 bits per heavy atom. The number of nitrogens with one attached hydrogen (secondary N) is 2. The Kier molecular flexibility index (Phi) is 6.02. The summed E-state index contributed by atoms with van der Waals surface area (Å²) in [4.78, 5) is 37.3. The smallest absolute Gasteiger partial charge is 0.345 e. The third-order valence-electron chi connectivity index (χ3n) is 5.23. The highest BCUT2D eigenvalue weighted by Crippen LogP contribution is 2.45. The van der Waals surface area contributed by atoms with Gasteiger partial charge in [0.25, 0.3) is 17.6 Å². The predicted molar refractivity (Wildman–Crippen MR) is 105 cm³/mol. The molecule has 1 heterocycles. The first-order valence-electron chi connectivity index (χ1n) is 9.19. The first kappa shape index (κ1) is 23.3. The standard InChI is InChI=1S/C20H15ClF4N4O3/c1-29-9-12(16(30)18(32)28-19(5-2-6-19)20(23,24)25)14(21)15(29)17(31)27-11-3-4-13(22)10(7-11)8-26/h3-4,7,9H,2,5-6H2,1H3,(H,27,31)(H,28,32). The molecule has 0 spiro atoms. The lowest BCUT2D eigenvalue weighted by Gasteiger charge is -2.43. The van der Waals surface area contributed by atoms with E-state index in [0.29, 0.717) is 0 Å². The van der Waals surface area contributed by atoms with Crippen molar-refractivity contribution in [2.24, 2.45) is 7.05 Å². The van der Waals surface area contributed by atoms with Crippen molar-refractivity contribution in [2.45, 2.75) is 31.0 Å². The number of aromatic nitrogens is 1. The second-order valence-corrected chi connectivity index (χ2v) is 7.67. The van der Waals surface area contributed by atoms with Gasteiger partial charge in [-0.25, -0.2) is 4.39 Å². The van der Waals surface area contributed by atoms with Gasteiger partial charge < -0.3 is 15.2 Å². The Morgan fingerprint density at radius 3 is 2.44 bits per heavy atom. The van der Waals surface area contributed by atoms with Gasteiger partial charge in [0.15, 0.2) is 0 Å². The van der Waals surface area contributed by atoms with Gasteiger partial charge in [-0.3, -0.25) is 14.4 Å². The van der Waals surface area contributed by atoms with Crippen LogP contribution in [0.1, 0.15) is 45.7 Å². The normalized spacial score (nSPS) is 14.8. The van der Waals surface area contributed by atoms with E-state index in [9.17, 15) is 31.9 Å². The second-order valence-electron chi connectivity index (χ2n) is 7.29. The molecule has 0 bridgehead atoms. The number of amides is 2. The molecule has 2 N–H and O–H groups in total. The molecule has 0 saturated heterocycles. The number of halogens is 5. The van der Waals surface area contributed by atoms with Gasteiger partial charge in [0.05, 0.1) is 16.1 Å². The average molecular weight is 471 g/mol. The number of carbonyl (C=O) groups excluding carboxylic acids is 3. The largest absolute Gasteiger partial charge is 0.411 e. The molecule has 1 fully saturated rings. The van der Waals surface area contributed by atoms with Gasteiger partial charge in [0.2, 0.25) is 0 Å². The molecule has 168 valence electrons. The van der Waals surface area contributed by atoms with Gasteiger partial charge in [0.1, 0.15) is 23.1 Å². The monoisotopic (exact) mass is 470 g/mol. The van der Waals surface area contributed by atoms with Crippen LogP contribution in [0.15, 0.2) is 24.4 Å². The van der Waals surface area contributed by atoms with Crippen LogP contribution < -0.4 is 10.6 Å². The van der Waals surface area contributed by atoms with Crippen LogP contribution in [-0.2, 0) is 11.8 Å². The number of carbonyl (C=O) groups is 3. The maximum absolute atomic E-state index is 13.4. The predicted octanol–water partition coefficient (Wildman–Crippen LogP) is 3.73. The van der Waals surface area contributed by atoms with Crippen LogP contribution in [0.4, 0.5) is 23.2 Å². The highest BCUT2D eigenvalue weighted by molar-refractivity contribution is 6.48. The lowest BCUT2D eigenvalue weighted by atomic mass is 9.76. The average Bonchev–Trinajstić information content (AvgIpc) is 2.98. The van der Waals surface area contributed by atoms with E-state index < -0.39 is 45.7 Å². The molecular weight excluding hydrogens is 456 g/mol. The van der Waals surface area contributed by atoms with Gasteiger partial charge in [-0.15, -0.1) is 0 Å². The molecule has 32 heavy (non-hydrogen) atoms. The highest BCUT2D eigenvalue weighted by Gasteiger charge is 2.59. The molecule has 1 saturated carbocycles. The summed E-state index contributed by atoms with van der Waals surface area (Å²) in [5.41, 5.74) is -3.43. The molecule has 0 aliphatic heterocycles.